The van der Waals surface area contributed by atoms with Crippen molar-refractivity contribution in [3.8, 4) is 46.0 Å². The molecule has 0 radical (unpaired) electrons. The first kappa shape index (κ1) is 50.8. The Morgan fingerprint density at radius 1 is 0.439 bits per heavy atom. The molecule has 0 saturated carbocycles. The fourth-order valence-corrected chi connectivity index (χ4v) is 6.43. The number of nitrogens with one attached hydrogen (secondary N) is 2. The summed E-state index contributed by atoms with van der Waals surface area (Å²) >= 11 is 0. The van der Waals surface area contributed by atoms with Crippen LogP contribution in [0, 0.1) is 0 Å². The summed E-state index contributed by atoms with van der Waals surface area (Å²) in [5, 5.41) is 45.3. The first-order valence-corrected chi connectivity index (χ1v) is 21.2. The third-order valence-corrected chi connectivity index (χ3v) is 10.0. The number of ether oxygens (including phenoxy) is 4. The lowest BCUT2D eigenvalue weighted by atomic mass is 10.1. The van der Waals surface area contributed by atoms with Crippen LogP contribution < -0.4 is 29.6 Å². The second kappa shape index (κ2) is 26.7. The summed E-state index contributed by atoms with van der Waals surface area (Å²) in [6.45, 7) is 1.89. The van der Waals surface area contributed by atoms with E-state index < -0.39 is 0 Å². The monoisotopic (exact) mass is 906 g/mol. The molecule has 16 nitrogen and oxygen atoms in total. The molecule has 4 aromatic carbocycles. The molecule has 0 spiro atoms. The normalized spacial score (nSPS) is 11.3. The molecule has 0 aliphatic carbocycles. The number of nitrogens with zero attached hydrogens (tertiary/aromatic N) is 2. The van der Waals surface area contributed by atoms with Crippen molar-refractivity contribution < 1.29 is 58.6 Å². The van der Waals surface area contributed by atoms with E-state index in [0.29, 0.717) is 74.1 Å². The van der Waals surface area contributed by atoms with Crippen molar-refractivity contribution in [2.75, 3.05) is 67.7 Å². The summed E-state index contributed by atoms with van der Waals surface area (Å²) in [6, 6.07) is 18.9. The summed E-state index contributed by atoms with van der Waals surface area (Å²) < 4.78 is 20.7. The minimum atomic E-state index is -0.337. The van der Waals surface area contributed by atoms with E-state index in [0.717, 1.165) is 0 Å². The Morgan fingerprint density at radius 2 is 0.712 bits per heavy atom. The molecule has 16 heteroatoms. The maximum Gasteiger partial charge on any atom is 0.246 e. The number of phenols is 4. The van der Waals surface area contributed by atoms with Gasteiger partial charge in [0, 0.05) is 63.6 Å². The van der Waals surface area contributed by atoms with Gasteiger partial charge in [-0.15, -0.1) is 0 Å². The molecule has 0 aliphatic rings. The zero-order chi connectivity index (χ0) is 47.8. The highest BCUT2D eigenvalue weighted by Gasteiger charge is 2.15. The quantitative estimate of drug-likeness (QED) is 0.0326. The Labute approximate surface area is 384 Å². The summed E-state index contributed by atoms with van der Waals surface area (Å²) in [6.07, 6.45) is 14.0. The number of rotatable bonds is 25. The molecule has 4 amide bonds. The highest BCUT2D eigenvalue weighted by atomic mass is 16.5. The summed E-state index contributed by atoms with van der Waals surface area (Å²) in [4.78, 5) is 55.7. The van der Waals surface area contributed by atoms with Crippen LogP contribution in [-0.4, -0.2) is 122 Å². The average molecular weight is 907 g/mol. The van der Waals surface area contributed by atoms with Crippen LogP contribution in [0.15, 0.2) is 97.1 Å². The molecule has 0 bridgehead atoms. The highest BCUT2D eigenvalue weighted by molar-refractivity contribution is 5.93. The zero-order valence-electron chi connectivity index (χ0n) is 37.6. The summed E-state index contributed by atoms with van der Waals surface area (Å²) in [7, 11) is 5.74. The highest BCUT2D eigenvalue weighted by Crippen LogP contribution is 2.29. The molecular weight excluding hydrogens is 849 g/mol. The van der Waals surface area contributed by atoms with E-state index in [1.165, 1.54) is 77.0 Å². The molecule has 0 aromatic heterocycles. The third kappa shape index (κ3) is 16.7. The number of unbranched alkanes of at least 4 members (excludes halogenated alkanes) is 1. The second-order valence-electron chi connectivity index (χ2n) is 14.7. The molecule has 4 aromatic rings. The smallest absolute Gasteiger partial charge is 0.246 e. The van der Waals surface area contributed by atoms with Crippen LogP contribution in [0.4, 0.5) is 0 Å². The molecule has 0 fully saturated rings. The van der Waals surface area contributed by atoms with E-state index in [4.69, 9.17) is 18.9 Å². The van der Waals surface area contributed by atoms with Gasteiger partial charge in [-0.25, -0.2) is 0 Å². The van der Waals surface area contributed by atoms with E-state index in [-0.39, 0.29) is 82.7 Å². The van der Waals surface area contributed by atoms with E-state index in [9.17, 15) is 39.6 Å². The van der Waals surface area contributed by atoms with Gasteiger partial charge in [0.15, 0.2) is 46.0 Å². The predicted octanol–water partition coefficient (Wildman–Crippen LogP) is 6.15. The molecule has 4 rings (SSSR count). The van der Waals surface area contributed by atoms with Gasteiger partial charge in [0.05, 0.1) is 28.4 Å². The molecule has 0 atom stereocenters. The SMILES string of the molecule is COc1cc(/C=C/C(=O)NCCCN(CCCCN(CCCNC(=O)/C=C/c2ccc(O)c(OC)c2)C(=O)/C=C/c2ccc(O)c(OC)c2)C(=O)/C=C/c2ccc(O)c(OC)c2)ccc1O. The van der Waals surface area contributed by atoms with Gasteiger partial charge in [0.25, 0.3) is 0 Å². The van der Waals surface area contributed by atoms with Crippen LogP contribution in [0.25, 0.3) is 24.3 Å². The fourth-order valence-electron chi connectivity index (χ4n) is 6.43. The van der Waals surface area contributed by atoms with Crippen molar-refractivity contribution in [1.29, 1.82) is 0 Å². The van der Waals surface area contributed by atoms with Gasteiger partial charge in [-0.1, -0.05) is 24.3 Å². The number of carbonyl (C=O) groups is 4. The Kier molecular flexibility index (Phi) is 20.5. The zero-order valence-corrected chi connectivity index (χ0v) is 37.6. The molecular formula is C50H58N4O12. The van der Waals surface area contributed by atoms with Gasteiger partial charge < -0.3 is 59.8 Å². The van der Waals surface area contributed by atoms with Gasteiger partial charge in [0.2, 0.25) is 23.6 Å². The molecule has 0 aliphatic heterocycles. The van der Waals surface area contributed by atoms with Crippen molar-refractivity contribution in [2.45, 2.75) is 25.7 Å². The third-order valence-electron chi connectivity index (χ3n) is 10.0. The lowest BCUT2D eigenvalue weighted by molar-refractivity contribution is -0.127. The van der Waals surface area contributed by atoms with Crippen LogP contribution in [0.3, 0.4) is 0 Å². The van der Waals surface area contributed by atoms with Crippen LogP contribution in [0.1, 0.15) is 47.9 Å². The molecule has 66 heavy (non-hydrogen) atoms. The van der Waals surface area contributed by atoms with Crippen molar-refractivity contribution >= 4 is 47.9 Å². The van der Waals surface area contributed by atoms with Crippen LogP contribution in [0.2, 0.25) is 0 Å². The topological polar surface area (TPSA) is 217 Å². The average Bonchev–Trinajstić information content (AvgIpc) is 3.32. The fraction of sp³-hybridized carbons (Fsp3) is 0.280. The summed E-state index contributed by atoms with van der Waals surface area (Å²) in [5.74, 6) is -0.223. The van der Waals surface area contributed by atoms with Gasteiger partial charge in [-0.2, -0.15) is 0 Å². The Morgan fingerprint density at radius 3 is 1.00 bits per heavy atom. The number of benzene rings is 4. The van der Waals surface area contributed by atoms with Crippen molar-refractivity contribution in [2.24, 2.45) is 0 Å². The van der Waals surface area contributed by atoms with Crippen molar-refractivity contribution in [1.82, 2.24) is 20.4 Å². The second-order valence-corrected chi connectivity index (χ2v) is 14.7. The number of hydrogen-bond acceptors (Lipinski definition) is 12. The Balaban J connectivity index is 1.39. The molecule has 6 N–H and O–H groups in total. The number of carbonyl (C=O) groups excluding carboxylic acids is 4. The first-order valence-electron chi connectivity index (χ1n) is 21.2. The molecule has 0 saturated heterocycles. The number of amides is 4. The number of aromatic hydroxyl groups is 4. The lowest BCUT2D eigenvalue weighted by Crippen LogP contribution is -2.36. The van der Waals surface area contributed by atoms with Gasteiger partial charge in [0.1, 0.15) is 0 Å². The van der Waals surface area contributed by atoms with Crippen LogP contribution in [-0.2, 0) is 19.2 Å². The van der Waals surface area contributed by atoms with Crippen LogP contribution in [0.5, 0.6) is 46.0 Å². The molecule has 0 heterocycles. The number of hydrogen-bond donors (Lipinski definition) is 6. The summed E-state index contributed by atoms with van der Waals surface area (Å²) in [5.41, 5.74) is 2.60. The maximum atomic E-state index is 13.6. The first-order chi connectivity index (χ1) is 31.8. The van der Waals surface area contributed by atoms with Crippen molar-refractivity contribution in [3.05, 3.63) is 119 Å². The molecule has 350 valence electrons. The predicted molar refractivity (Wildman–Crippen MR) is 252 cm³/mol. The molecule has 0 unspecified atom stereocenters. The Bertz CT molecular complexity index is 2230. The van der Waals surface area contributed by atoms with E-state index >= 15 is 0 Å². The largest absolute Gasteiger partial charge is 0.504 e. The minimum absolute atomic E-state index is 0.0135. The van der Waals surface area contributed by atoms with E-state index in [2.05, 4.69) is 10.6 Å². The van der Waals surface area contributed by atoms with Crippen LogP contribution >= 0.6 is 0 Å². The Hall–Kier alpha value is -7.88. The minimum Gasteiger partial charge on any atom is -0.504 e. The maximum absolute atomic E-state index is 13.6. The standard InChI is InChI=1S/C50H58N4O12/c1-63-43-31-35(9-17-39(43)55)13-21-47(59)51-25-7-29-53(49(61)23-15-37-11-19-41(57)45(33-37)65-3)27-5-6-28-54(50(62)24-16-38-12-20-42(58)46(34-38)66-4)30-8-26-52-48(60)22-14-36-10-18-40(56)44(32-36)64-2/h9-24,31-34,55-58H,5-8,25-30H2,1-4H3,(H,51,59)(H,52,60)/b21-13+,22-14+,23-15+,24-16+. The van der Waals surface area contributed by atoms with E-state index in [1.54, 1.807) is 82.6 Å². The van der Waals surface area contributed by atoms with Gasteiger partial charge >= 0.3 is 0 Å². The van der Waals surface area contributed by atoms with E-state index in [1.807, 2.05) is 0 Å². The number of phenolic OH excluding ortho intramolecular Hbond substituents is 4. The van der Waals surface area contributed by atoms with Gasteiger partial charge in [-0.05, 0) is 121 Å². The van der Waals surface area contributed by atoms with Gasteiger partial charge in [-0.3, -0.25) is 19.2 Å². The number of methoxy groups -OCH3 is 4. The lowest BCUT2D eigenvalue weighted by Gasteiger charge is -2.24. The van der Waals surface area contributed by atoms with Crippen molar-refractivity contribution in [3.63, 3.8) is 0 Å².